The maximum atomic E-state index is 12.3. The van der Waals surface area contributed by atoms with Crippen molar-refractivity contribution in [1.82, 2.24) is 10.0 Å². The number of hydrogen-bond acceptors (Lipinski definition) is 7. The average molecular weight is 353 g/mol. The minimum atomic E-state index is -0.819. The van der Waals surface area contributed by atoms with Crippen LogP contribution in [0.15, 0.2) is 42.6 Å². The van der Waals surface area contributed by atoms with E-state index < -0.39 is 17.8 Å². The molecule has 2 aliphatic heterocycles. The van der Waals surface area contributed by atoms with Gasteiger partial charge in [0, 0.05) is 19.3 Å². The molecule has 0 atom stereocenters. The maximum absolute atomic E-state index is 12.3. The highest BCUT2D eigenvalue weighted by Crippen LogP contribution is 2.23. The molecule has 8 heteroatoms. The van der Waals surface area contributed by atoms with Crippen LogP contribution in [0, 0.1) is 0 Å². The van der Waals surface area contributed by atoms with Crippen LogP contribution in [0.1, 0.15) is 31.1 Å². The molecule has 2 amide bonds. The van der Waals surface area contributed by atoms with Crippen molar-refractivity contribution in [3.63, 3.8) is 0 Å². The number of carbonyl (C=O) groups is 3. The van der Waals surface area contributed by atoms with E-state index in [2.05, 4.69) is 4.98 Å². The second-order valence-corrected chi connectivity index (χ2v) is 5.83. The number of ether oxygens (including phenoxy) is 1. The Bertz CT molecular complexity index is 840. The lowest BCUT2D eigenvalue weighted by atomic mass is 10.1. The smallest absolute Gasteiger partial charge is 0.365 e. The van der Waals surface area contributed by atoms with Crippen LogP contribution in [0.3, 0.4) is 0 Å². The predicted molar refractivity (Wildman–Crippen MR) is 89.6 cm³/mol. The van der Waals surface area contributed by atoms with Crippen molar-refractivity contribution in [3.05, 3.63) is 59.3 Å². The Kier molecular flexibility index (Phi) is 4.10. The predicted octanol–water partition coefficient (Wildman–Crippen LogP) is 1.29. The Hall–Kier alpha value is -3.26. The number of amides is 2. The SMILES string of the molecule is O=C(ON1C(=O)c2ccccc2C1=O)c1ccc(N2CCOCC2)nc1. The number of rotatable bonds is 3. The lowest BCUT2D eigenvalue weighted by Crippen LogP contribution is -2.36. The van der Waals surface area contributed by atoms with Crippen LogP contribution in [-0.2, 0) is 9.57 Å². The Morgan fingerprint density at radius 1 is 1.00 bits per heavy atom. The zero-order chi connectivity index (χ0) is 18.1. The molecule has 0 unspecified atom stereocenters. The molecule has 0 spiro atoms. The van der Waals surface area contributed by atoms with Gasteiger partial charge < -0.3 is 14.5 Å². The van der Waals surface area contributed by atoms with Crippen molar-refractivity contribution >= 4 is 23.6 Å². The molecular weight excluding hydrogens is 338 g/mol. The molecule has 4 rings (SSSR count). The Labute approximate surface area is 148 Å². The number of aromatic nitrogens is 1. The first-order valence-electron chi connectivity index (χ1n) is 8.14. The van der Waals surface area contributed by atoms with E-state index in [-0.39, 0.29) is 16.7 Å². The van der Waals surface area contributed by atoms with Crippen molar-refractivity contribution in [2.24, 2.45) is 0 Å². The molecule has 2 aliphatic rings. The topological polar surface area (TPSA) is 89.0 Å². The third kappa shape index (κ3) is 2.80. The molecule has 8 nitrogen and oxygen atoms in total. The molecule has 0 bridgehead atoms. The largest absolute Gasteiger partial charge is 0.378 e. The van der Waals surface area contributed by atoms with E-state index in [1.165, 1.54) is 18.3 Å². The molecule has 132 valence electrons. The summed E-state index contributed by atoms with van der Waals surface area (Å²) in [5.41, 5.74) is 0.579. The van der Waals surface area contributed by atoms with Gasteiger partial charge in [0.15, 0.2) is 0 Å². The highest BCUT2D eigenvalue weighted by molar-refractivity contribution is 6.21. The number of benzene rings is 1. The second kappa shape index (κ2) is 6.57. The van der Waals surface area contributed by atoms with Gasteiger partial charge in [-0.05, 0) is 24.3 Å². The molecule has 0 aliphatic carbocycles. The summed E-state index contributed by atoms with van der Waals surface area (Å²) >= 11 is 0. The average Bonchev–Trinajstić information content (AvgIpc) is 2.94. The molecule has 0 radical (unpaired) electrons. The van der Waals surface area contributed by atoms with E-state index in [0.29, 0.717) is 18.3 Å². The summed E-state index contributed by atoms with van der Waals surface area (Å²) in [6.45, 7) is 2.72. The summed E-state index contributed by atoms with van der Waals surface area (Å²) in [4.78, 5) is 48.1. The quantitative estimate of drug-likeness (QED) is 0.768. The molecule has 3 heterocycles. The number of nitrogens with zero attached hydrogens (tertiary/aromatic N) is 3. The minimum Gasteiger partial charge on any atom is -0.378 e. The molecule has 1 saturated heterocycles. The molecule has 2 aromatic rings. The van der Waals surface area contributed by atoms with Crippen LogP contribution in [0.4, 0.5) is 5.82 Å². The van der Waals surface area contributed by atoms with Gasteiger partial charge in [-0.25, -0.2) is 9.78 Å². The van der Waals surface area contributed by atoms with Crippen LogP contribution in [0.2, 0.25) is 0 Å². The number of morpholine rings is 1. The van der Waals surface area contributed by atoms with Gasteiger partial charge in [0.05, 0.1) is 29.9 Å². The highest BCUT2D eigenvalue weighted by Gasteiger charge is 2.38. The summed E-state index contributed by atoms with van der Waals surface area (Å²) in [5, 5.41) is 0.489. The highest BCUT2D eigenvalue weighted by atomic mass is 16.7. The molecule has 0 saturated carbocycles. The number of fused-ring (bicyclic) bond motifs is 1. The van der Waals surface area contributed by atoms with Crippen molar-refractivity contribution in [3.8, 4) is 0 Å². The first kappa shape index (κ1) is 16.2. The number of carbonyl (C=O) groups excluding carboxylic acids is 3. The fourth-order valence-electron chi connectivity index (χ4n) is 2.87. The third-order valence-corrected chi connectivity index (χ3v) is 4.25. The first-order valence-corrected chi connectivity index (χ1v) is 8.14. The second-order valence-electron chi connectivity index (χ2n) is 5.83. The van der Waals surface area contributed by atoms with Gasteiger partial charge >= 0.3 is 5.97 Å². The Morgan fingerprint density at radius 3 is 2.23 bits per heavy atom. The van der Waals surface area contributed by atoms with E-state index >= 15 is 0 Å². The van der Waals surface area contributed by atoms with E-state index in [1.54, 1.807) is 24.3 Å². The summed E-state index contributed by atoms with van der Waals surface area (Å²) in [5.74, 6) is -1.40. The van der Waals surface area contributed by atoms with E-state index in [1.807, 2.05) is 4.90 Å². The van der Waals surface area contributed by atoms with Crippen LogP contribution in [-0.4, -0.2) is 54.1 Å². The monoisotopic (exact) mass is 353 g/mol. The molecule has 26 heavy (non-hydrogen) atoms. The van der Waals surface area contributed by atoms with Gasteiger partial charge in [-0.3, -0.25) is 9.59 Å². The van der Waals surface area contributed by atoms with Crippen molar-refractivity contribution < 1.29 is 24.0 Å². The maximum Gasteiger partial charge on any atom is 0.365 e. The zero-order valence-electron chi connectivity index (χ0n) is 13.8. The summed E-state index contributed by atoms with van der Waals surface area (Å²) in [6.07, 6.45) is 1.37. The van der Waals surface area contributed by atoms with Gasteiger partial charge in [-0.1, -0.05) is 17.2 Å². The molecule has 1 aromatic heterocycles. The third-order valence-electron chi connectivity index (χ3n) is 4.25. The normalized spacial score (nSPS) is 16.6. The van der Waals surface area contributed by atoms with Gasteiger partial charge in [0.25, 0.3) is 11.8 Å². The van der Waals surface area contributed by atoms with E-state index in [9.17, 15) is 14.4 Å². The fourth-order valence-corrected chi connectivity index (χ4v) is 2.87. The minimum absolute atomic E-state index is 0.151. The standard InChI is InChI=1S/C18H15N3O5/c22-16-13-3-1-2-4-14(13)17(23)21(16)26-18(24)12-5-6-15(19-11-12)20-7-9-25-10-8-20/h1-6,11H,7-10H2. The van der Waals surface area contributed by atoms with Crippen LogP contribution >= 0.6 is 0 Å². The number of anilines is 1. The number of imide groups is 1. The van der Waals surface area contributed by atoms with Crippen molar-refractivity contribution in [1.29, 1.82) is 0 Å². The number of pyridine rings is 1. The van der Waals surface area contributed by atoms with Crippen LogP contribution < -0.4 is 4.90 Å². The van der Waals surface area contributed by atoms with Crippen molar-refractivity contribution in [2.75, 3.05) is 31.2 Å². The van der Waals surface area contributed by atoms with E-state index in [4.69, 9.17) is 9.57 Å². The lowest BCUT2D eigenvalue weighted by Gasteiger charge is -2.27. The van der Waals surface area contributed by atoms with Crippen LogP contribution in [0.25, 0.3) is 0 Å². The lowest BCUT2D eigenvalue weighted by molar-refractivity contribution is -0.0584. The molecule has 0 N–H and O–H groups in total. The van der Waals surface area contributed by atoms with Crippen LogP contribution in [0.5, 0.6) is 0 Å². The van der Waals surface area contributed by atoms with Gasteiger partial charge in [0.2, 0.25) is 0 Å². The summed E-state index contributed by atoms with van der Waals surface area (Å²) in [7, 11) is 0. The number of hydroxylamine groups is 2. The van der Waals surface area contributed by atoms with Crippen molar-refractivity contribution in [2.45, 2.75) is 0 Å². The van der Waals surface area contributed by atoms with Gasteiger partial charge in [-0.2, -0.15) is 0 Å². The molecule has 1 aromatic carbocycles. The van der Waals surface area contributed by atoms with Gasteiger partial charge in [0.1, 0.15) is 5.82 Å². The zero-order valence-corrected chi connectivity index (χ0v) is 13.8. The summed E-state index contributed by atoms with van der Waals surface area (Å²) < 4.78 is 5.29. The van der Waals surface area contributed by atoms with Gasteiger partial charge in [-0.15, -0.1) is 0 Å². The molecule has 1 fully saturated rings. The fraction of sp³-hybridized carbons (Fsp3) is 0.222. The van der Waals surface area contributed by atoms with E-state index in [0.717, 1.165) is 18.9 Å². The summed E-state index contributed by atoms with van der Waals surface area (Å²) in [6, 6.07) is 9.57. The Balaban J connectivity index is 1.47. The number of hydrogen-bond donors (Lipinski definition) is 0. The first-order chi connectivity index (χ1) is 12.6. The molecular formula is C18H15N3O5. The Morgan fingerprint density at radius 2 is 1.65 bits per heavy atom.